The molecule has 3 rings (SSSR count). The third kappa shape index (κ3) is 6.10. The fraction of sp³-hybridized carbons (Fsp3) is 0.333. The van der Waals surface area contributed by atoms with Gasteiger partial charge in [-0.25, -0.2) is 9.37 Å². The van der Waals surface area contributed by atoms with Gasteiger partial charge in [0.15, 0.2) is 5.82 Å². The van der Waals surface area contributed by atoms with Crippen LogP contribution >= 0.6 is 0 Å². The topological polar surface area (TPSA) is 101 Å². The van der Waals surface area contributed by atoms with Crippen molar-refractivity contribution in [2.75, 3.05) is 12.4 Å². The van der Waals surface area contributed by atoms with E-state index in [4.69, 9.17) is 4.52 Å². The highest BCUT2D eigenvalue weighted by molar-refractivity contribution is 5.68. The third-order valence-electron chi connectivity index (χ3n) is 4.57. The van der Waals surface area contributed by atoms with Crippen LogP contribution in [0, 0.1) is 5.82 Å². The van der Waals surface area contributed by atoms with Gasteiger partial charge in [-0.2, -0.15) is 4.98 Å². The molecule has 1 atom stereocenters. The highest BCUT2D eigenvalue weighted by Crippen LogP contribution is 2.25. The molecule has 0 amide bonds. The van der Waals surface area contributed by atoms with Crippen LogP contribution in [-0.2, 0) is 24.1 Å². The molecule has 0 spiro atoms. The van der Waals surface area contributed by atoms with E-state index in [0.717, 1.165) is 24.4 Å². The molecule has 1 unspecified atom stereocenters. The Morgan fingerprint density at radius 3 is 2.79 bits per heavy atom. The molecule has 0 aliphatic rings. The Hall–Kier alpha value is -3.29. The molecule has 0 aliphatic heterocycles. The van der Waals surface area contributed by atoms with E-state index in [1.807, 2.05) is 25.2 Å². The molecule has 2 heterocycles. The normalized spacial score (nSPS) is 11.9. The number of hydrogen-bond acceptors (Lipinski definition) is 6. The Kier molecular flexibility index (Phi) is 6.89. The van der Waals surface area contributed by atoms with Gasteiger partial charge in [0.2, 0.25) is 5.89 Å². The predicted molar refractivity (Wildman–Crippen MR) is 105 cm³/mol. The van der Waals surface area contributed by atoms with Crippen molar-refractivity contribution in [3.05, 3.63) is 71.3 Å². The number of hydrogen-bond donors (Lipinski definition) is 2. The lowest BCUT2D eigenvalue weighted by Crippen LogP contribution is -2.10. The lowest BCUT2D eigenvalue weighted by Gasteiger charge is -2.13. The first-order chi connectivity index (χ1) is 14.0. The summed E-state index contributed by atoms with van der Waals surface area (Å²) in [6.45, 7) is 0. The zero-order valence-electron chi connectivity index (χ0n) is 16.1. The largest absolute Gasteiger partial charge is 0.481 e. The number of aromatic nitrogens is 3. The number of anilines is 1. The van der Waals surface area contributed by atoms with Crippen molar-refractivity contribution in [3.8, 4) is 0 Å². The summed E-state index contributed by atoms with van der Waals surface area (Å²) in [5.41, 5.74) is 1.58. The molecule has 0 radical (unpaired) electrons. The van der Waals surface area contributed by atoms with Crippen LogP contribution in [0.15, 0.2) is 47.0 Å². The molecule has 1 aromatic carbocycles. The number of nitrogens with one attached hydrogen (secondary N) is 1. The number of carbonyl (C=O) groups is 1. The Morgan fingerprint density at radius 1 is 1.21 bits per heavy atom. The third-order valence-corrected chi connectivity index (χ3v) is 4.57. The van der Waals surface area contributed by atoms with Crippen LogP contribution in [0.2, 0.25) is 0 Å². The predicted octanol–water partition coefficient (Wildman–Crippen LogP) is 3.62. The second-order valence-electron chi connectivity index (χ2n) is 6.78. The minimum absolute atomic E-state index is 0.144. The highest BCUT2D eigenvalue weighted by atomic mass is 19.1. The van der Waals surface area contributed by atoms with Crippen LogP contribution in [0.25, 0.3) is 0 Å². The van der Waals surface area contributed by atoms with Gasteiger partial charge in [-0.05, 0) is 42.7 Å². The second-order valence-corrected chi connectivity index (χ2v) is 6.78. The number of carboxylic acid groups (broad SMARTS) is 1. The highest BCUT2D eigenvalue weighted by Gasteiger charge is 2.20. The van der Waals surface area contributed by atoms with Crippen molar-refractivity contribution in [2.45, 2.75) is 38.0 Å². The fourth-order valence-corrected chi connectivity index (χ4v) is 3.15. The van der Waals surface area contributed by atoms with Gasteiger partial charge < -0.3 is 14.9 Å². The van der Waals surface area contributed by atoms with E-state index in [9.17, 15) is 14.3 Å². The van der Waals surface area contributed by atoms with E-state index in [0.29, 0.717) is 23.7 Å². The molecule has 29 heavy (non-hydrogen) atoms. The van der Waals surface area contributed by atoms with E-state index in [-0.39, 0.29) is 12.8 Å². The maximum atomic E-state index is 13.5. The average molecular weight is 398 g/mol. The summed E-state index contributed by atoms with van der Waals surface area (Å²) in [5.74, 6) is -0.0598. The number of rotatable bonds is 10. The summed E-state index contributed by atoms with van der Waals surface area (Å²) in [6.07, 6.45) is 2.31. The monoisotopic (exact) mass is 398 g/mol. The van der Waals surface area contributed by atoms with Gasteiger partial charge in [0, 0.05) is 31.5 Å². The van der Waals surface area contributed by atoms with Crippen molar-refractivity contribution in [1.82, 2.24) is 15.1 Å². The van der Waals surface area contributed by atoms with E-state index >= 15 is 0 Å². The van der Waals surface area contributed by atoms with Crippen LogP contribution in [0.1, 0.15) is 41.7 Å². The van der Waals surface area contributed by atoms with Gasteiger partial charge in [-0.15, -0.1) is 0 Å². The molecular formula is C21H23FN4O3. The number of halogens is 1. The number of carboxylic acids is 1. The van der Waals surface area contributed by atoms with Crippen LogP contribution in [0.3, 0.4) is 0 Å². The molecule has 0 saturated carbocycles. The molecule has 2 aromatic heterocycles. The first-order valence-corrected chi connectivity index (χ1v) is 9.46. The number of benzene rings is 1. The van der Waals surface area contributed by atoms with Crippen LogP contribution < -0.4 is 5.32 Å². The van der Waals surface area contributed by atoms with Gasteiger partial charge in [-0.1, -0.05) is 23.4 Å². The quantitative estimate of drug-likeness (QED) is 0.538. The molecular weight excluding hydrogens is 375 g/mol. The lowest BCUT2D eigenvalue weighted by molar-refractivity contribution is -0.137. The Morgan fingerprint density at radius 2 is 2.03 bits per heavy atom. The number of aryl methyl sites for hydroxylation is 2. The van der Waals surface area contributed by atoms with Crippen molar-refractivity contribution in [2.24, 2.45) is 0 Å². The molecule has 3 aromatic rings. The van der Waals surface area contributed by atoms with Gasteiger partial charge >= 0.3 is 5.97 Å². The smallest absolute Gasteiger partial charge is 0.303 e. The lowest BCUT2D eigenvalue weighted by atomic mass is 9.92. The molecule has 0 fully saturated rings. The molecule has 0 aliphatic carbocycles. The summed E-state index contributed by atoms with van der Waals surface area (Å²) >= 11 is 0. The Balaban J connectivity index is 1.59. The first-order valence-electron chi connectivity index (χ1n) is 9.46. The van der Waals surface area contributed by atoms with Gasteiger partial charge in [0.25, 0.3) is 0 Å². The Labute approximate surface area is 168 Å². The zero-order valence-corrected chi connectivity index (χ0v) is 16.1. The summed E-state index contributed by atoms with van der Waals surface area (Å²) in [7, 11) is 1.83. The van der Waals surface area contributed by atoms with E-state index in [1.54, 1.807) is 12.1 Å². The summed E-state index contributed by atoms with van der Waals surface area (Å²) < 4.78 is 18.8. The molecule has 7 nitrogen and oxygen atoms in total. The minimum Gasteiger partial charge on any atom is -0.481 e. The minimum atomic E-state index is -0.963. The molecule has 2 N–H and O–H groups in total. The molecule has 0 bridgehead atoms. The van der Waals surface area contributed by atoms with Crippen LogP contribution in [0.4, 0.5) is 10.2 Å². The maximum Gasteiger partial charge on any atom is 0.303 e. The van der Waals surface area contributed by atoms with Gasteiger partial charge in [0.1, 0.15) is 11.6 Å². The number of pyridine rings is 1. The van der Waals surface area contributed by atoms with Crippen molar-refractivity contribution < 1.29 is 18.8 Å². The van der Waals surface area contributed by atoms with Crippen molar-refractivity contribution in [3.63, 3.8) is 0 Å². The van der Waals surface area contributed by atoms with Gasteiger partial charge in [0.05, 0.1) is 6.42 Å². The van der Waals surface area contributed by atoms with E-state index in [2.05, 4.69) is 20.4 Å². The van der Waals surface area contributed by atoms with Crippen molar-refractivity contribution >= 4 is 11.8 Å². The van der Waals surface area contributed by atoms with Crippen LogP contribution in [-0.4, -0.2) is 33.2 Å². The number of nitrogens with zero attached hydrogens (tertiary/aromatic N) is 3. The Bertz CT molecular complexity index is 960. The van der Waals surface area contributed by atoms with Crippen LogP contribution in [0.5, 0.6) is 0 Å². The molecule has 0 saturated heterocycles. The van der Waals surface area contributed by atoms with Crippen molar-refractivity contribution in [1.29, 1.82) is 0 Å². The standard InChI is InChI=1S/C21H23FN4O3/c1-23-18-9-3-7-17(24-18)8-4-10-19-25-20(29-26-19)12-15(13-21(27)28)14-5-2-6-16(22)11-14/h2-3,5-7,9,11,15H,4,8,10,12-13H2,1H3,(H,23,24)(H,27,28). The SMILES string of the molecule is CNc1cccc(CCCc2noc(CC(CC(=O)O)c3cccc(F)c3)n2)n1. The summed E-state index contributed by atoms with van der Waals surface area (Å²) in [4.78, 5) is 20.1. The first kappa shape index (κ1) is 20.4. The average Bonchev–Trinajstić information content (AvgIpc) is 3.14. The molecule has 8 heteroatoms. The molecule has 152 valence electrons. The summed E-state index contributed by atoms with van der Waals surface area (Å²) in [5, 5.41) is 16.2. The second kappa shape index (κ2) is 9.77. The van der Waals surface area contributed by atoms with Gasteiger partial charge in [-0.3, -0.25) is 4.79 Å². The summed E-state index contributed by atoms with van der Waals surface area (Å²) in [6, 6.07) is 11.8. The maximum absolute atomic E-state index is 13.5. The number of aliphatic carboxylic acids is 1. The van der Waals surface area contributed by atoms with E-state index in [1.165, 1.54) is 12.1 Å². The zero-order chi connectivity index (χ0) is 20.6. The fourth-order valence-electron chi connectivity index (χ4n) is 3.15. The van der Waals surface area contributed by atoms with E-state index < -0.39 is 17.7 Å².